The molecule has 0 saturated heterocycles. The third kappa shape index (κ3) is 6.00. The van der Waals surface area contributed by atoms with E-state index in [9.17, 15) is 9.59 Å². The standard InChI is InChI=1S/C23H28N2O3S/c1-17(29-21-11-9-20(28-2)10-12-21)23(27)24-14-5-8-22(26)25-15-13-18-6-3-4-7-19(18)16-25/h3-4,6-7,9-12,17H,5,8,13-16H2,1-2H3,(H,24,27). The Bertz CT molecular complexity index is 838. The number of rotatable bonds is 8. The second-order valence-corrected chi connectivity index (χ2v) is 8.58. The summed E-state index contributed by atoms with van der Waals surface area (Å²) in [7, 11) is 1.63. The van der Waals surface area contributed by atoms with Gasteiger partial charge in [0, 0.05) is 31.0 Å². The fourth-order valence-electron chi connectivity index (χ4n) is 3.37. The largest absolute Gasteiger partial charge is 0.497 e. The number of carbonyl (C=O) groups excluding carboxylic acids is 2. The number of hydrogen-bond acceptors (Lipinski definition) is 4. The minimum atomic E-state index is -0.197. The van der Waals surface area contributed by atoms with Gasteiger partial charge in [-0.25, -0.2) is 0 Å². The molecule has 2 amide bonds. The molecular formula is C23H28N2O3S. The summed E-state index contributed by atoms with van der Waals surface area (Å²) in [4.78, 5) is 27.7. The van der Waals surface area contributed by atoms with Gasteiger partial charge in [-0.3, -0.25) is 9.59 Å². The van der Waals surface area contributed by atoms with Crippen LogP contribution >= 0.6 is 11.8 Å². The monoisotopic (exact) mass is 412 g/mol. The quantitative estimate of drug-likeness (QED) is 0.531. The van der Waals surface area contributed by atoms with Crippen molar-refractivity contribution in [2.45, 2.75) is 42.9 Å². The first kappa shape index (κ1) is 21.2. The zero-order valence-corrected chi connectivity index (χ0v) is 17.8. The SMILES string of the molecule is COc1ccc(SC(C)C(=O)NCCCC(=O)N2CCc3ccccc3C2)cc1. The van der Waals surface area contributed by atoms with Crippen molar-refractivity contribution < 1.29 is 14.3 Å². The summed E-state index contributed by atoms with van der Waals surface area (Å²) in [6, 6.07) is 16.0. The molecule has 0 bridgehead atoms. The Morgan fingerprint density at radius 1 is 1.14 bits per heavy atom. The molecule has 1 atom stereocenters. The molecule has 154 valence electrons. The molecule has 2 aromatic carbocycles. The summed E-state index contributed by atoms with van der Waals surface area (Å²) in [5.74, 6) is 0.952. The lowest BCUT2D eigenvalue weighted by Crippen LogP contribution is -2.36. The van der Waals surface area contributed by atoms with Gasteiger partial charge in [0.15, 0.2) is 0 Å². The van der Waals surface area contributed by atoms with Crippen molar-refractivity contribution >= 4 is 23.6 Å². The number of methoxy groups -OCH3 is 1. The van der Waals surface area contributed by atoms with Gasteiger partial charge in [0.2, 0.25) is 11.8 Å². The van der Waals surface area contributed by atoms with E-state index in [2.05, 4.69) is 17.4 Å². The summed E-state index contributed by atoms with van der Waals surface area (Å²) >= 11 is 1.51. The molecule has 0 aromatic heterocycles. The molecule has 1 aliphatic heterocycles. The summed E-state index contributed by atoms with van der Waals surface area (Å²) in [6.07, 6.45) is 2.03. The van der Waals surface area contributed by atoms with Crippen LogP contribution in [0.25, 0.3) is 0 Å². The molecule has 6 heteroatoms. The molecule has 1 aliphatic rings. The Kier molecular flexibility index (Phi) is 7.58. The highest BCUT2D eigenvalue weighted by Gasteiger charge is 2.20. The van der Waals surface area contributed by atoms with E-state index >= 15 is 0 Å². The van der Waals surface area contributed by atoms with Gasteiger partial charge in [-0.2, -0.15) is 0 Å². The highest BCUT2D eigenvalue weighted by atomic mass is 32.2. The first-order chi connectivity index (χ1) is 14.1. The summed E-state index contributed by atoms with van der Waals surface area (Å²) in [5.41, 5.74) is 2.58. The van der Waals surface area contributed by atoms with E-state index < -0.39 is 0 Å². The third-order valence-electron chi connectivity index (χ3n) is 5.09. The van der Waals surface area contributed by atoms with Crippen LogP contribution in [0.15, 0.2) is 53.4 Å². The molecule has 0 aliphatic carbocycles. The van der Waals surface area contributed by atoms with Crippen LogP contribution in [0.5, 0.6) is 5.75 Å². The lowest BCUT2D eigenvalue weighted by Gasteiger charge is -2.29. The van der Waals surface area contributed by atoms with Crippen LogP contribution in [-0.2, 0) is 22.6 Å². The second kappa shape index (κ2) is 10.3. The number of hydrogen-bond donors (Lipinski definition) is 1. The Balaban J connectivity index is 1.36. The maximum atomic E-state index is 12.5. The van der Waals surface area contributed by atoms with E-state index in [4.69, 9.17) is 4.74 Å². The van der Waals surface area contributed by atoms with Gasteiger partial charge >= 0.3 is 0 Å². The molecule has 1 N–H and O–H groups in total. The number of fused-ring (bicyclic) bond motifs is 1. The number of amides is 2. The Morgan fingerprint density at radius 2 is 1.86 bits per heavy atom. The van der Waals surface area contributed by atoms with E-state index in [-0.39, 0.29) is 17.1 Å². The molecule has 1 heterocycles. The third-order valence-corrected chi connectivity index (χ3v) is 6.20. The Hall–Kier alpha value is -2.47. The van der Waals surface area contributed by atoms with E-state index in [1.165, 1.54) is 22.9 Å². The van der Waals surface area contributed by atoms with Crippen LogP contribution in [0.4, 0.5) is 0 Å². The van der Waals surface area contributed by atoms with Crippen molar-refractivity contribution in [1.29, 1.82) is 0 Å². The number of nitrogens with one attached hydrogen (secondary N) is 1. The zero-order chi connectivity index (χ0) is 20.6. The first-order valence-corrected chi connectivity index (χ1v) is 10.9. The highest BCUT2D eigenvalue weighted by molar-refractivity contribution is 8.00. The van der Waals surface area contributed by atoms with Crippen LogP contribution in [-0.4, -0.2) is 42.2 Å². The number of ether oxygens (including phenoxy) is 1. The predicted molar refractivity (Wildman–Crippen MR) is 116 cm³/mol. The molecule has 1 unspecified atom stereocenters. The van der Waals surface area contributed by atoms with Crippen LogP contribution in [0.2, 0.25) is 0 Å². The van der Waals surface area contributed by atoms with Crippen LogP contribution in [0.1, 0.15) is 30.9 Å². The molecule has 3 rings (SSSR count). The number of thioether (sulfide) groups is 1. The zero-order valence-electron chi connectivity index (χ0n) is 17.0. The van der Waals surface area contributed by atoms with Crippen molar-refractivity contribution in [3.63, 3.8) is 0 Å². The van der Waals surface area contributed by atoms with E-state index in [1.807, 2.05) is 48.2 Å². The van der Waals surface area contributed by atoms with Crippen molar-refractivity contribution in [2.24, 2.45) is 0 Å². The van der Waals surface area contributed by atoms with Crippen molar-refractivity contribution in [2.75, 3.05) is 20.2 Å². The fraction of sp³-hybridized carbons (Fsp3) is 0.391. The lowest BCUT2D eigenvalue weighted by atomic mass is 9.99. The molecule has 5 nitrogen and oxygen atoms in total. The Morgan fingerprint density at radius 3 is 2.59 bits per heavy atom. The van der Waals surface area contributed by atoms with Crippen LogP contribution in [0, 0.1) is 0 Å². The van der Waals surface area contributed by atoms with Gasteiger partial charge in [-0.1, -0.05) is 24.3 Å². The Labute approximate surface area is 176 Å². The van der Waals surface area contributed by atoms with Crippen molar-refractivity contribution in [1.82, 2.24) is 10.2 Å². The van der Waals surface area contributed by atoms with Crippen molar-refractivity contribution in [3.8, 4) is 5.75 Å². The maximum Gasteiger partial charge on any atom is 0.233 e. The van der Waals surface area contributed by atoms with Crippen LogP contribution in [0.3, 0.4) is 0 Å². The first-order valence-electron chi connectivity index (χ1n) is 10.00. The maximum absolute atomic E-state index is 12.5. The second-order valence-electron chi connectivity index (χ2n) is 7.16. The fourth-order valence-corrected chi connectivity index (χ4v) is 4.27. The van der Waals surface area contributed by atoms with Gasteiger partial charge in [-0.05, 0) is 55.2 Å². The molecular weight excluding hydrogens is 384 g/mol. The normalized spacial score (nSPS) is 14.1. The number of benzene rings is 2. The molecule has 0 radical (unpaired) electrons. The van der Waals surface area contributed by atoms with Gasteiger partial charge in [0.25, 0.3) is 0 Å². The molecule has 29 heavy (non-hydrogen) atoms. The van der Waals surface area contributed by atoms with E-state index in [0.717, 1.165) is 23.6 Å². The predicted octanol–water partition coefficient (Wildman–Crippen LogP) is 3.66. The van der Waals surface area contributed by atoms with Gasteiger partial charge in [0.1, 0.15) is 5.75 Å². The minimum absolute atomic E-state index is 0.00910. The molecule has 0 spiro atoms. The summed E-state index contributed by atoms with van der Waals surface area (Å²) in [5, 5.41) is 2.75. The van der Waals surface area contributed by atoms with E-state index in [0.29, 0.717) is 25.9 Å². The van der Waals surface area contributed by atoms with Gasteiger partial charge < -0.3 is 15.0 Å². The smallest absolute Gasteiger partial charge is 0.233 e. The molecule has 0 saturated carbocycles. The van der Waals surface area contributed by atoms with Gasteiger partial charge in [-0.15, -0.1) is 11.8 Å². The highest BCUT2D eigenvalue weighted by Crippen LogP contribution is 2.25. The van der Waals surface area contributed by atoms with E-state index in [1.54, 1.807) is 7.11 Å². The molecule has 0 fully saturated rings. The minimum Gasteiger partial charge on any atom is -0.497 e. The van der Waals surface area contributed by atoms with Crippen LogP contribution < -0.4 is 10.1 Å². The molecule has 2 aromatic rings. The van der Waals surface area contributed by atoms with Crippen molar-refractivity contribution in [3.05, 3.63) is 59.7 Å². The summed E-state index contributed by atoms with van der Waals surface area (Å²) < 4.78 is 5.15. The average Bonchev–Trinajstić information content (AvgIpc) is 2.76. The summed E-state index contributed by atoms with van der Waals surface area (Å²) in [6.45, 7) is 3.87. The van der Waals surface area contributed by atoms with Gasteiger partial charge in [0.05, 0.1) is 12.4 Å². The average molecular weight is 413 g/mol. The number of nitrogens with zero attached hydrogens (tertiary/aromatic N) is 1. The topological polar surface area (TPSA) is 58.6 Å². The number of carbonyl (C=O) groups is 2. The lowest BCUT2D eigenvalue weighted by molar-refractivity contribution is -0.132.